The van der Waals surface area contributed by atoms with Crippen LogP contribution in [0.25, 0.3) is 0 Å². The highest BCUT2D eigenvalue weighted by Crippen LogP contribution is 2.20. The lowest BCUT2D eigenvalue weighted by atomic mass is 10.0. The fraction of sp³-hybridized carbons (Fsp3) is 0.588. The maximum absolute atomic E-state index is 12.4. The van der Waals surface area contributed by atoms with E-state index in [-0.39, 0.29) is 11.0 Å². The molecule has 0 spiro atoms. The van der Waals surface area contributed by atoms with Crippen molar-refractivity contribution in [3.05, 3.63) is 35.9 Å². The molecule has 5 nitrogen and oxygen atoms in total. The Hall–Kier alpha value is -1.40. The van der Waals surface area contributed by atoms with Gasteiger partial charge < -0.3 is 10.4 Å². The van der Waals surface area contributed by atoms with Crippen molar-refractivity contribution in [2.24, 2.45) is 5.92 Å². The monoisotopic (exact) mass is 339 g/mol. The van der Waals surface area contributed by atoms with Crippen molar-refractivity contribution < 1.29 is 18.3 Å². The number of hydrogen-bond donors (Lipinski definition) is 2. The van der Waals surface area contributed by atoms with Crippen LogP contribution in [-0.4, -0.2) is 43.6 Å². The number of carboxylic acid groups (broad SMARTS) is 1. The molecule has 0 amide bonds. The van der Waals surface area contributed by atoms with Crippen molar-refractivity contribution in [2.45, 2.75) is 37.4 Å². The molecule has 1 aromatic carbocycles. The van der Waals surface area contributed by atoms with Gasteiger partial charge in [0.25, 0.3) is 0 Å². The third-order valence-corrected chi connectivity index (χ3v) is 6.79. The fourth-order valence-electron chi connectivity index (χ4n) is 3.05. The van der Waals surface area contributed by atoms with Crippen molar-refractivity contribution in [1.29, 1.82) is 0 Å². The highest BCUT2D eigenvalue weighted by atomic mass is 32.2. The zero-order chi connectivity index (χ0) is 16.7. The molecule has 1 heterocycles. The Morgan fingerprint density at radius 1 is 1.22 bits per heavy atom. The Morgan fingerprint density at radius 3 is 2.48 bits per heavy atom. The van der Waals surface area contributed by atoms with Gasteiger partial charge in [-0.15, -0.1) is 0 Å². The molecule has 2 N–H and O–H groups in total. The summed E-state index contributed by atoms with van der Waals surface area (Å²) in [5.74, 6) is -2.05. The molecule has 0 bridgehead atoms. The van der Waals surface area contributed by atoms with E-state index in [1.165, 1.54) is 0 Å². The molecule has 1 atom stereocenters. The molecule has 2 rings (SSSR count). The number of carbonyl (C=O) groups is 1. The second-order valence-corrected chi connectivity index (χ2v) is 8.52. The van der Waals surface area contributed by atoms with E-state index in [9.17, 15) is 18.3 Å². The molecule has 0 aliphatic carbocycles. The second-order valence-electron chi connectivity index (χ2n) is 6.19. The first-order valence-corrected chi connectivity index (χ1v) is 9.89. The molecule has 1 aliphatic rings. The third kappa shape index (κ3) is 5.62. The number of rotatable bonds is 8. The van der Waals surface area contributed by atoms with Crippen molar-refractivity contribution in [1.82, 2.24) is 5.32 Å². The van der Waals surface area contributed by atoms with Crippen molar-refractivity contribution >= 4 is 15.8 Å². The average Bonchev–Trinajstić information content (AvgIpc) is 2.55. The Kier molecular flexibility index (Phi) is 6.59. The van der Waals surface area contributed by atoms with Crippen LogP contribution in [0.3, 0.4) is 0 Å². The Bertz CT molecular complexity index is 594. The lowest BCUT2D eigenvalue weighted by Crippen LogP contribution is -2.39. The maximum Gasteiger partial charge on any atom is 0.307 e. The predicted molar refractivity (Wildman–Crippen MR) is 90.2 cm³/mol. The normalized spacial score (nSPS) is 17.7. The summed E-state index contributed by atoms with van der Waals surface area (Å²) >= 11 is 0. The van der Waals surface area contributed by atoms with Crippen LogP contribution in [-0.2, 0) is 21.1 Å². The van der Waals surface area contributed by atoms with Crippen LogP contribution in [0.1, 0.15) is 31.2 Å². The van der Waals surface area contributed by atoms with Crippen LogP contribution in [0.15, 0.2) is 30.3 Å². The second kappa shape index (κ2) is 8.45. The van der Waals surface area contributed by atoms with Gasteiger partial charge in [0.15, 0.2) is 9.84 Å². The van der Waals surface area contributed by atoms with Gasteiger partial charge in [-0.2, -0.15) is 0 Å². The van der Waals surface area contributed by atoms with E-state index in [2.05, 4.69) is 5.32 Å². The molecule has 6 heteroatoms. The first kappa shape index (κ1) is 17.9. The van der Waals surface area contributed by atoms with E-state index < -0.39 is 21.7 Å². The minimum atomic E-state index is -3.34. The SMILES string of the molecule is O=C(O)C(CCCc1ccccc1)CS(=O)(=O)C1CCNCC1. The molecule has 1 fully saturated rings. The number of benzene rings is 1. The predicted octanol–water partition coefficient (Wildman–Crippen LogP) is 1.88. The molecule has 1 aliphatic heterocycles. The van der Waals surface area contributed by atoms with Gasteiger partial charge in [-0.05, 0) is 50.8 Å². The van der Waals surface area contributed by atoms with Gasteiger partial charge in [0.2, 0.25) is 0 Å². The first-order chi connectivity index (χ1) is 11.0. The number of nitrogens with one attached hydrogen (secondary N) is 1. The quantitative estimate of drug-likeness (QED) is 0.755. The summed E-state index contributed by atoms with van der Waals surface area (Å²) < 4.78 is 24.9. The lowest BCUT2D eigenvalue weighted by molar-refractivity contribution is -0.141. The number of sulfone groups is 1. The topological polar surface area (TPSA) is 83.5 Å². The zero-order valence-corrected chi connectivity index (χ0v) is 14.1. The van der Waals surface area contributed by atoms with Crippen molar-refractivity contribution in [2.75, 3.05) is 18.8 Å². The Labute approximate surface area is 138 Å². The van der Waals surface area contributed by atoms with Crippen LogP contribution in [0, 0.1) is 5.92 Å². The minimum Gasteiger partial charge on any atom is -0.481 e. The Balaban J connectivity index is 1.89. The molecule has 1 saturated heterocycles. The summed E-state index contributed by atoms with van der Waals surface area (Å²) in [7, 11) is -3.34. The summed E-state index contributed by atoms with van der Waals surface area (Å²) in [5.41, 5.74) is 1.15. The summed E-state index contributed by atoms with van der Waals surface area (Å²) in [6.07, 6.45) is 3.02. The Morgan fingerprint density at radius 2 is 1.87 bits per heavy atom. The summed E-state index contributed by atoms with van der Waals surface area (Å²) in [4.78, 5) is 11.4. The lowest BCUT2D eigenvalue weighted by Gasteiger charge is -2.24. The molecule has 0 aromatic heterocycles. The van der Waals surface area contributed by atoms with E-state index in [4.69, 9.17) is 0 Å². The standard InChI is InChI=1S/C17H25NO4S/c19-17(20)15(8-4-7-14-5-2-1-3-6-14)13-23(21,22)16-9-11-18-12-10-16/h1-3,5-6,15-16,18H,4,7-13H2,(H,19,20). The van der Waals surface area contributed by atoms with Crippen molar-refractivity contribution in [3.8, 4) is 0 Å². The van der Waals surface area contributed by atoms with E-state index in [0.29, 0.717) is 38.8 Å². The van der Waals surface area contributed by atoms with E-state index in [0.717, 1.165) is 12.0 Å². The molecule has 128 valence electrons. The van der Waals surface area contributed by atoms with Gasteiger partial charge >= 0.3 is 5.97 Å². The number of aliphatic carboxylic acids is 1. The molecule has 0 saturated carbocycles. The van der Waals surface area contributed by atoms with E-state index >= 15 is 0 Å². The minimum absolute atomic E-state index is 0.234. The van der Waals surface area contributed by atoms with E-state index in [1.54, 1.807) is 0 Å². The van der Waals surface area contributed by atoms with Gasteiger partial charge in [-0.1, -0.05) is 30.3 Å². The number of carboxylic acids is 1. The summed E-state index contributed by atoms with van der Waals surface area (Å²) in [6, 6.07) is 9.84. The largest absolute Gasteiger partial charge is 0.481 e. The number of piperidine rings is 1. The highest BCUT2D eigenvalue weighted by molar-refractivity contribution is 7.92. The fourth-order valence-corrected chi connectivity index (χ4v) is 5.14. The first-order valence-electron chi connectivity index (χ1n) is 8.18. The highest BCUT2D eigenvalue weighted by Gasteiger charge is 2.32. The molecule has 23 heavy (non-hydrogen) atoms. The van der Waals surface area contributed by atoms with Gasteiger partial charge in [0.1, 0.15) is 0 Å². The van der Waals surface area contributed by atoms with Crippen LogP contribution in [0.2, 0.25) is 0 Å². The molecular weight excluding hydrogens is 314 g/mol. The van der Waals surface area contributed by atoms with Crippen LogP contribution in [0.4, 0.5) is 0 Å². The van der Waals surface area contributed by atoms with Gasteiger partial charge in [-0.3, -0.25) is 4.79 Å². The molecular formula is C17H25NO4S. The molecule has 1 aromatic rings. The zero-order valence-electron chi connectivity index (χ0n) is 13.3. The van der Waals surface area contributed by atoms with E-state index in [1.807, 2.05) is 30.3 Å². The maximum atomic E-state index is 12.4. The smallest absolute Gasteiger partial charge is 0.307 e. The third-order valence-electron chi connectivity index (χ3n) is 4.44. The molecule has 1 unspecified atom stereocenters. The van der Waals surface area contributed by atoms with Crippen LogP contribution in [0.5, 0.6) is 0 Å². The summed E-state index contributed by atoms with van der Waals surface area (Å²) in [6.45, 7) is 1.38. The van der Waals surface area contributed by atoms with Crippen LogP contribution >= 0.6 is 0 Å². The van der Waals surface area contributed by atoms with Gasteiger partial charge in [0, 0.05) is 0 Å². The van der Waals surface area contributed by atoms with Crippen molar-refractivity contribution in [3.63, 3.8) is 0 Å². The molecule has 0 radical (unpaired) electrons. The average molecular weight is 339 g/mol. The summed E-state index contributed by atoms with van der Waals surface area (Å²) in [5, 5.41) is 12.1. The van der Waals surface area contributed by atoms with Crippen LogP contribution < -0.4 is 5.32 Å². The van der Waals surface area contributed by atoms with Gasteiger partial charge in [-0.25, -0.2) is 8.42 Å². The number of aryl methyl sites for hydroxylation is 1. The van der Waals surface area contributed by atoms with Gasteiger partial charge in [0.05, 0.1) is 16.9 Å². The number of hydrogen-bond acceptors (Lipinski definition) is 4.